The first-order valence-electron chi connectivity index (χ1n) is 21.5. The van der Waals surface area contributed by atoms with Crippen LogP contribution in [0.2, 0.25) is 0 Å². The van der Waals surface area contributed by atoms with Gasteiger partial charge >= 0.3 is 12.1 Å². The van der Waals surface area contributed by atoms with E-state index in [9.17, 15) is 39.0 Å². The fraction of sp³-hybridized carbons (Fsp3) is 0.810. The van der Waals surface area contributed by atoms with E-state index in [-0.39, 0.29) is 53.8 Å². The van der Waals surface area contributed by atoms with Gasteiger partial charge in [0.15, 0.2) is 0 Å². The summed E-state index contributed by atoms with van der Waals surface area (Å²) in [5.74, 6) is 3.17. The molecule has 0 aromatic heterocycles. The summed E-state index contributed by atoms with van der Waals surface area (Å²) in [4.78, 5) is 70.9. The average Bonchev–Trinajstić information content (AvgIpc) is 4.03. The van der Waals surface area contributed by atoms with Crippen LogP contribution in [-0.2, 0) is 19.2 Å². The van der Waals surface area contributed by atoms with Crippen LogP contribution < -0.4 is 21.3 Å². The molecule has 0 radical (unpaired) electrons. The normalized spacial score (nSPS) is 30.2. The number of aliphatic hydroxyl groups excluding tert-OH is 2. The van der Waals surface area contributed by atoms with Crippen LogP contribution in [0.1, 0.15) is 141 Å². The van der Waals surface area contributed by atoms with Crippen molar-refractivity contribution in [3.63, 3.8) is 0 Å². The molecule has 1 saturated carbocycles. The standard InChI is InChI=1S/C21H34N2O5S.C21H32N2O3S/c24-14(6-2-1-3-8-16(25)13-10-17(26)18(27)11-13)7-4-5-9-19-20-15(12-29-19)22-21(28)23-20;24-16(10-2-1-3-12-18(25)15-8-4-5-9-15)11-6-7-13-19-20-17(14-27-19)22-21(26)23-20/h13,15,17-20,26-27H,1-12H2,(H2,22,23,28);4-5,15,17,19-20H,1-3,6-14H2,(H2,22,23,26)/t13?,15-,17?,18?,19-,20-;17-,19-,20-/m00/s1. The average molecular weight is 819 g/mol. The number of Topliss-reactive ketones (excluding diaryl/α,β-unsaturated/α-hetero) is 4. The Morgan fingerprint density at radius 1 is 0.536 bits per heavy atom. The molecule has 8 atom stereocenters. The molecule has 12 nitrogen and oxygen atoms in total. The lowest BCUT2D eigenvalue weighted by Crippen LogP contribution is -2.36. The molecule has 14 heteroatoms. The predicted molar refractivity (Wildman–Crippen MR) is 221 cm³/mol. The van der Waals surface area contributed by atoms with Crippen LogP contribution in [0.5, 0.6) is 0 Å². The fourth-order valence-corrected chi connectivity index (χ4v) is 12.1. The van der Waals surface area contributed by atoms with E-state index in [1.807, 2.05) is 23.5 Å². The van der Waals surface area contributed by atoms with Gasteiger partial charge in [0.1, 0.15) is 23.1 Å². The second kappa shape index (κ2) is 23.2. The van der Waals surface area contributed by atoms with Crippen LogP contribution in [-0.4, -0.2) is 104 Å². The highest BCUT2D eigenvalue weighted by molar-refractivity contribution is 8.00. The predicted octanol–water partition coefficient (Wildman–Crippen LogP) is 5.70. The third-order valence-corrected chi connectivity index (χ3v) is 15.5. The van der Waals surface area contributed by atoms with Crippen LogP contribution in [0.25, 0.3) is 0 Å². The molecule has 4 amide bonds. The highest BCUT2D eigenvalue weighted by Crippen LogP contribution is 2.34. The Bertz CT molecular complexity index is 1360. The fourth-order valence-electron chi connectivity index (χ4n) is 9.01. The van der Waals surface area contributed by atoms with Crippen molar-refractivity contribution < 1.29 is 39.0 Å². The summed E-state index contributed by atoms with van der Waals surface area (Å²) < 4.78 is 0. The van der Waals surface area contributed by atoms with Crippen molar-refractivity contribution in [2.24, 2.45) is 11.8 Å². The van der Waals surface area contributed by atoms with Gasteiger partial charge in [0, 0.05) is 72.4 Å². The molecule has 0 bridgehead atoms. The van der Waals surface area contributed by atoms with E-state index in [2.05, 4.69) is 33.4 Å². The highest BCUT2D eigenvalue weighted by atomic mass is 32.2. The van der Waals surface area contributed by atoms with Gasteiger partial charge < -0.3 is 31.5 Å². The molecular weight excluding hydrogens is 753 g/mol. The first-order valence-corrected chi connectivity index (χ1v) is 23.6. The molecule has 0 spiro atoms. The number of ketones is 4. The number of thioether (sulfide) groups is 2. The number of hydrogen-bond acceptors (Lipinski definition) is 10. The number of nitrogens with one attached hydrogen (secondary N) is 4. The van der Waals surface area contributed by atoms with Crippen LogP contribution in [0.4, 0.5) is 9.59 Å². The summed E-state index contributed by atoms with van der Waals surface area (Å²) in [5, 5.41) is 31.9. The second-order valence-corrected chi connectivity index (χ2v) is 19.4. The number of unbranched alkanes of at least 4 members (excludes halogenated alkanes) is 6. The molecule has 6 N–H and O–H groups in total. The number of rotatable bonds is 24. The molecule has 2 aliphatic carbocycles. The Hall–Kier alpha value is -2.42. The lowest BCUT2D eigenvalue weighted by atomic mass is 9.96. The van der Waals surface area contributed by atoms with Gasteiger partial charge in [-0.2, -0.15) is 23.5 Å². The van der Waals surface area contributed by atoms with Gasteiger partial charge in [-0.1, -0.05) is 37.8 Å². The minimum Gasteiger partial charge on any atom is -0.390 e. The Balaban J connectivity index is 0.000000215. The van der Waals surface area contributed by atoms with Gasteiger partial charge in [-0.05, 0) is 77.0 Å². The lowest BCUT2D eigenvalue weighted by molar-refractivity contribution is -0.123. The smallest absolute Gasteiger partial charge is 0.315 e. The number of urea groups is 2. The van der Waals surface area contributed by atoms with Gasteiger partial charge in [0.25, 0.3) is 0 Å². The van der Waals surface area contributed by atoms with Crippen LogP contribution in [0.3, 0.4) is 0 Å². The summed E-state index contributed by atoms with van der Waals surface area (Å²) in [5.41, 5.74) is 0. The highest BCUT2D eigenvalue weighted by Gasteiger charge is 2.43. The number of fused-ring (bicyclic) bond motifs is 2. The first kappa shape index (κ1) is 44.7. The minimum absolute atomic E-state index is 0.0351. The Morgan fingerprint density at radius 2 is 0.929 bits per heavy atom. The van der Waals surface area contributed by atoms with E-state index in [1.54, 1.807) is 0 Å². The molecule has 4 aliphatic heterocycles. The number of carbonyl (C=O) groups excluding carboxylic acids is 6. The molecule has 0 aromatic rings. The van der Waals surface area contributed by atoms with E-state index < -0.39 is 12.2 Å². The zero-order chi connectivity index (χ0) is 39.9. The quantitative estimate of drug-likeness (QED) is 0.0400. The minimum atomic E-state index is -0.760. The molecule has 2 unspecified atom stereocenters. The molecule has 0 aromatic carbocycles. The Morgan fingerprint density at radius 3 is 1.38 bits per heavy atom. The number of aliphatic hydroxyl groups is 2. The zero-order valence-corrected chi connectivity index (χ0v) is 34.7. The van der Waals surface area contributed by atoms with Crippen molar-refractivity contribution in [2.75, 3.05) is 11.5 Å². The third kappa shape index (κ3) is 14.1. The summed E-state index contributed by atoms with van der Waals surface area (Å²) in [6.45, 7) is 0. The third-order valence-electron chi connectivity index (χ3n) is 12.4. The maximum atomic E-state index is 12.1. The zero-order valence-electron chi connectivity index (χ0n) is 33.1. The van der Waals surface area contributed by atoms with Gasteiger partial charge in [0.2, 0.25) is 0 Å². The van der Waals surface area contributed by atoms with Crippen molar-refractivity contribution in [1.82, 2.24) is 21.3 Å². The molecular formula is C42H66N4O8S2. The molecule has 4 saturated heterocycles. The maximum Gasteiger partial charge on any atom is 0.315 e. The first-order chi connectivity index (χ1) is 27.1. The number of hydrogen-bond donors (Lipinski definition) is 6. The summed E-state index contributed by atoms with van der Waals surface area (Å²) >= 11 is 3.84. The number of carbonyl (C=O) groups is 6. The summed E-state index contributed by atoms with van der Waals surface area (Å²) in [6.07, 6.45) is 20.2. The SMILES string of the molecule is O=C(CCCCCC(=O)C1CC(O)C(O)C1)CCCC[C@@H]1SC[C@@H]2NC(=O)N[C@@H]21.O=C(CCCCCC(=O)C1CC=CC1)CCCC[C@@H]1SC[C@@H]2NC(=O)N[C@@H]21. The van der Waals surface area contributed by atoms with E-state index in [0.717, 1.165) is 101 Å². The maximum absolute atomic E-state index is 12.1. The van der Waals surface area contributed by atoms with Crippen molar-refractivity contribution in [3.05, 3.63) is 12.2 Å². The van der Waals surface area contributed by atoms with E-state index in [1.165, 1.54) is 0 Å². The van der Waals surface area contributed by atoms with E-state index in [0.29, 0.717) is 79.2 Å². The van der Waals surface area contributed by atoms with Crippen LogP contribution in [0.15, 0.2) is 12.2 Å². The summed E-state index contributed by atoms with van der Waals surface area (Å²) in [6, 6.07) is 0.955. The topological polar surface area (TPSA) is 191 Å². The number of allylic oxidation sites excluding steroid dienone is 2. The molecule has 6 rings (SSSR count). The molecule has 4 heterocycles. The molecule has 314 valence electrons. The largest absolute Gasteiger partial charge is 0.390 e. The molecule has 5 fully saturated rings. The molecule has 56 heavy (non-hydrogen) atoms. The van der Waals surface area contributed by atoms with Crippen molar-refractivity contribution in [3.8, 4) is 0 Å². The van der Waals surface area contributed by atoms with E-state index >= 15 is 0 Å². The summed E-state index contributed by atoms with van der Waals surface area (Å²) in [7, 11) is 0. The van der Waals surface area contributed by atoms with Crippen molar-refractivity contribution in [2.45, 2.75) is 188 Å². The van der Waals surface area contributed by atoms with Gasteiger partial charge in [-0.25, -0.2) is 9.59 Å². The van der Waals surface area contributed by atoms with E-state index in [4.69, 9.17) is 0 Å². The van der Waals surface area contributed by atoms with Crippen LogP contribution >= 0.6 is 23.5 Å². The van der Waals surface area contributed by atoms with Gasteiger partial charge in [-0.3, -0.25) is 19.2 Å². The van der Waals surface area contributed by atoms with Crippen molar-refractivity contribution >= 4 is 58.7 Å². The Kier molecular flexibility index (Phi) is 18.5. The van der Waals surface area contributed by atoms with Gasteiger partial charge in [0.05, 0.1) is 36.4 Å². The molecule has 6 aliphatic rings. The van der Waals surface area contributed by atoms with Gasteiger partial charge in [-0.15, -0.1) is 0 Å². The lowest BCUT2D eigenvalue weighted by Gasteiger charge is -2.16. The Labute approximate surface area is 341 Å². The second-order valence-electron chi connectivity index (χ2n) is 16.8. The monoisotopic (exact) mass is 818 g/mol. The van der Waals surface area contributed by atoms with Crippen LogP contribution in [0, 0.1) is 11.8 Å². The number of amides is 4. The van der Waals surface area contributed by atoms with Crippen molar-refractivity contribution in [1.29, 1.82) is 0 Å².